The summed E-state index contributed by atoms with van der Waals surface area (Å²) in [4.78, 5) is 16.1. The summed E-state index contributed by atoms with van der Waals surface area (Å²) in [6.07, 6.45) is 2.20. The largest absolute Gasteiger partial charge is 0.376 e. The molecule has 0 radical (unpaired) electrons. The van der Waals surface area contributed by atoms with Crippen molar-refractivity contribution in [2.45, 2.75) is 25.9 Å². The highest BCUT2D eigenvalue weighted by atomic mass is 35.5. The third-order valence-corrected chi connectivity index (χ3v) is 3.12. The number of ether oxygens (including phenoxy) is 1. The summed E-state index contributed by atoms with van der Waals surface area (Å²) in [5.41, 5.74) is 0.508. The predicted molar refractivity (Wildman–Crippen MR) is 74.7 cm³/mol. The number of nitrogens with one attached hydrogen (secondary N) is 2. The zero-order valence-electron chi connectivity index (χ0n) is 10.9. The fraction of sp³-hybridized carbons (Fsp3) is 0.538. The van der Waals surface area contributed by atoms with Gasteiger partial charge in [0, 0.05) is 25.3 Å². The minimum Gasteiger partial charge on any atom is -0.376 e. The third kappa shape index (κ3) is 4.08. The Morgan fingerprint density at radius 2 is 2.42 bits per heavy atom. The molecular weight excluding hydrogens is 266 g/mol. The summed E-state index contributed by atoms with van der Waals surface area (Å²) in [7, 11) is 0. The van der Waals surface area contributed by atoms with Gasteiger partial charge < -0.3 is 15.4 Å². The maximum Gasteiger partial charge on any atom is 0.251 e. The summed E-state index contributed by atoms with van der Waals surface area (Å²) < 4.78 is 5.46. The molecule has 2 N–H and O–H groups in total. The van der Waals surface area contributed by atoms with E-state index in [1.807, 2.05) is 6.92 Å². The molecule has 0 spiro atoms. The highest BCUT2D eigenvalue weighted by Gasteiger charge is 2.17. The Kier molecular flexibility index (Phi) is 4.99. The lowest BCUT2D eigenvalue weighted by molar-refractivity contribution is 0.0857. The maximum absolute atomic E-state index is 12.0. The Labute approximate surface area is 117 Å². The van der Waals surface area contributed by atoms with Crippen LogP contribution in [0.2, 0.25) is 5.15 Å². The van der Waals surface area contributed by atoms with Gasteiger partial charge in [-0.1, -0.05) is 11.6 Å². The average molecular weight is 284 g/mol. The minimum absolute atomic E-state index is 0.134. The number of amides is 1. The van der Waals surface area contributed by atoms with E-state index in [9.17, 15) is 4.79 Å². The second-order valence-electron chi connectivity index (χ2n) is 4.44. The van der Waals surface area contributed by atoms with Gasteiger partial charge in [0.15, 0.2) is 0 Å². The fourth-order valence-corrected chi connectivity index (χ4v) is 2.22. The lowest BCUT2D eigenvalue weighted by Crippen LogP contribution is -2.31. The Morgan fingerprint density at radius 1 is 1.58 bits per heavy atom. The van der Waals surface area contributed by atoms with Crippen LogP contribution in [-0.4, -0.2) is 36.7 Å². The summed E-state index contributed by atoms with van der Waals surface area (Å²) in [6, 6.07) is 3.26. The Hall–Kier alpha value is -1.33. The molecule has 1 fully saturated rings. The van der Waals surface area contributed by atoms with Crippen LogP contribution in [0.3, 0.4) is 0 Å². The van der Waals surface area contributed by atoms with E-state index in [0.29, 0.717) is 23.1 Å². The second-order valence-corrected chi connectivity index (χ2v) is 4.83. The van der Waals surface area contributed by atoms with Gasteiger partial charge in [0.05, 0.1) is 6.10 Å². The number of hydrogen-bond acceptors (Lipinski definition) is 4. The Balaban J connectivity index is 1.97. The minimum atomic E-state index is -0.154. The average Bonchev–Trinajstić information content (AvgIpc) is 2.88. The first-order chi connectivity index (χ1) is 9.19. The third-order valence-electron chi connectivity index (χ3n) is 2.93. The Morgan fingerprint density at radius 3 is 3.11 bits per heavy atom. The van der Waals surface area contributed by atoms with Gasteiger partial charge in [0.25, 0.3) is 5.91 Å². The molecule has 1 saturated heterocycles. The SMILES string of the molecule is CCNc1cc(C(=O)NCC2CCCO2)cc(Cl)n1. The highest BCUT2D eigenvalue weighted by molar-refractivity contribution is 6.29. The van der Waals surface area contributed by atoms with Crippen molar-refractivity contribution in [2.24, 2.45) is 0 Å². The molecule has 0 bridgehead atoms. The van der Waals surface area contributed by atoms with E-state index < -0.39 is 0 Å². The number of halogens is 1. The molecule has 1 aromatic rings. The van der Waals surface area contributed by atoms with E-state index in [0.717, 1.165) is 26.0 Å². The van der Waals surface area contributed by atoms with Crippen LogP contribution in [0.25, 0.3) is 0 Å². The number of anilines is 1. The van der Waals surface area contributed by atoms with Crippen LogP contribution in [0.15, 0.2) is 12.1 Å². The molecule has 2 heterocycles. The first-order valence-corrected chi connectivity index (χ1v) is 6.88. The van der Waals surface area contributed by atoms with Crippen molar-refractivity contribution in [3.63, 3.8) is 0 Å². The van der Waals surface area contributed by atoms with Gasteiger partial charge in [0.2, 0.25) is 0 Å². The lowest BCUT2D eigenvalue weighted by atomic mass is 10.2. The van der Waals surface area contributed by atoms with Crippen molar-refractivity contribution >= 4 is 23.3 Å². The fourth-order valence-electron chi connectivity index (χ4n) is 2.01. The zero-order chi connectivity index (χ0) is 13.7. The molecular formula is C13H18ClN3O2. The molecule has 1 amide bonds. The van der Waals surface area contributed by atoms with Crippen molar-refractivity contribution in [3.05, 3.63) is 22.8 Å². The number of carbonyl (C=O) groups is 1. The van der Waals surface area contributed by atoms with Crippen molar-refractivity contribution in [3.8, 4) is 0 Å². The smallest absolute Gasteiger partial charge is 0.251 e. The van der Waals surface area contributed by atoms with Gasteiger partial charge in [-0.3, -0.25) is 4.79 Å². The highest BCUT2D eigenvalue weighted by Crippen LogP contribution is 2.15. The molecule has 2 rings (SSSR count). The maximum atomic E-state index is 12.0. The molecule has 0 aliphatic carbocycles. The summed E-state index contributed by atoms with van der Waals surface area (Å²) in [6.45, 7) is 4.01. The zero-order valence-corrected chi connectivity index (χ0v) is 11.7. The van der Waals surface area contributed by atoms with Gasteiger partial charge in [-0.25, -0.2) is 4.98 Å². The van der Waals surface area contributed by atoms with Crippen LogP contribution in [0.5, 0.6) is 0 Å². The molecule has 1 aromatic heterocycles. The van der Waals surface area contributed by atoms with Crippen molar-refractivity contribution in [1.82, 2.24) is 10.3 Å². The van der Waals surface area contributed by atoms with Gasteiger partial charge in [-0.05, 0) is 31.9 Å². The monoisotopic (exact) mass is 283 g/mol. The molecule has 1 unspecified atom stereocenters. The van der Waals surface area contributed by atoms with Crippen molar-refractivity contribution in [2.75, 3.05) is 25.0 Å². The Bertz CT molecular complexity index is 448. The summed E-state index contributed by atoms with van der Waals surface area (Å²) >= 11 is 5.90. The quantitative estimate of drug-likeness (QED) is 0.812. The van der Waals surface area contributed by atoms with Crippen LogP contribution < -0.4 is 10.6 Å². The predicted octanol–water partition coefficient (Wildman–Crippen LogP) is 2.08. The second kappa shape index (κ2) is 6.73. The van der Waals surface area contributed by atoms with Crippen LogP contribution in [0, 0.1) is 0 Å². The van der Waals surface area contributed by atoms with E-state index in [1.54, 1.807) is 12.1 Å². The van der Waals surface area contributed by atoms with Crippen LogP contribution in [-0.2, 0) is 4.74 Å². The van der Waals surface area contributed by atoms with E-state index >= 15 is 0 Å². The first-order valence-electron chi connectivity index (χ1n) is 6.50. The van der Waals surface area contributed by atoms with Gasteiger partial charge in [-0.2, -0.15) is 0 Å². The van der Waals surface area contributed by atoms with E-state index in [1.165, 1.54) is 0 Å². The van der Waals surface area contributed by atoms with Crippen molar-refractivity contribution in [1.29, 1.82) is 0 Å². The van der Waals surface area contributed by atoms with E-state index in [2.05, 4.69) is 15.6 Å². The van der Waals surface area contributed by atoms with Crippen molar-refractivity contribution < 1.29 is 9.53 Å². The number of hydrogen-bond donors (Lipinski definition) is 2. The van der Waals surface area contributed by atoms with Gasteiger partial charge in [-0.15, -0.1) is 0 Å². The molecule has 6 heteroatoms. The molecule has 1 atom stereocenters. The molecule has 1 aliphatic heterocycles. The number of pyridine rings is 1. The molecule has 104 valence electrons. The molecule has 1 aliphatic rings. The number of aromatic nitrogens is 1. The van der Waals surface area contributed by atoms with E-state index in [4.69, 9.17) is 16.3 Å². The van der Waals surface area contributed by atoms with Gasteiger partial charge in [0.1, 0.15) is 11.0 Å². The standard InChI is InChI=1S/C13H18ClN3O2/c1-2-15-12-7-9(6-11(14)17-12)13(18)16-8-10-4-3-5-19-10/h6-7,10H,2-5,8H2,1H3,(H,15,17)(H,16,18). The van der Waals surface area contributed by atoms with Crippen LogP contribution in [0.1, 0.15) is 30.1 Å². The molecule has 5 nitrogen and oxygen atoms in total. The normalized spacial score (nSPS) is 18.3. The topological polar surface area (TPSA) is 63.2 Å². The van der Waals surface area contributed by atoms with Crippen LogP contribution in [0.4, 0.5) is 5.82 Å². The summed E-state index contributed by atoms with van der Waals surface area (Å²) in [5, 5.41) is 6.21. The van der Waals surface area contributed by atoms with Gasteiger partial charge >= 0.3 is 0 Å². The number of rotatable bonds is 5. The number of nitrogens with zero attached hydrogens (tertiary/aromatic N) is 1. The molecule has 0 saturated carbocycles. The number of carbonyl (C=O) groups excluding carboxylic acids is 1. The van der Waals surface area contributed by atoms with E-state index in [-0.39, 0.29) is 12.0 Å². The molecule has 19 heavy (non-hydrogen) atoms. The lowest BCUT2D eigenvalue weighted by Gasteiger charge is -2.11. The van der Waals surface area contributed by atoms with Crippen LogP contribution >= 0.6 is 11.6 Å². The molecule has 0 aromatic carbocycles. The summed E-state index contributed by atoms with van der Waals surface area (Å²) in [5.74, 6) is 0.455. The first kappa shape index (κ1) is 14.1.